The molecule has 0 aliphatic rings. The van der Waals surface area contributed by atoms with E-state index in [4.69, 9.17) is 0 Å². The quantitative estimate of drug-likeness (QED) is 0.702. The van der Waals surface area contributed by atoms with E-state index in [9.17, 15) is 14.4 Å². The number of carbonyl (C=O) groups is 2. The predicted molar refractivity (Wildman–Crippen MR) is 83.8 cm³/mol. The molecule has 2 N–H and O–H groups in total. The molecule has 0 unspecified atom stereocenters. The van der Waals surface area contributed by atoms with E-state index in [-0.39, 0.29) is 15.9 Å². The van der Waals surface area contributed by atoms with Gasteiger partial charge < -0.3 is 15.0 Å². The van der Waals surface area contributed by atoms with Gasteiger partial charge in [0.15, 0.2) is 5.52 Å². The molecule has 1 amide bonds. The summed E-state index contributed by atoms with van der Waals surface area (Å²) in [5.41, 5.74) is 0.856. The average molecular weight is 330 g/mol. The minimum Gasteiger partial charge on any atom is -0.465 e. The first-order chi connectivity index (χ1) is 11.1. The van der Waals surface area contributed by atoms with Crippen LogP contribution in [-0.2, 0) is 4.74 Å². The summed E-state index contributed by atoms with van der Waals surface area (Å²) in [6.07, 6.45) is 1.22. The summed E-state index contributed by atoms with van der Waals surface area (Å²) in [4.78, 5) is 41.8. The molecule has 116 valence electrons. The Labute approximate surface area is 133 Å². The number of hydrogen-bond acceptors (Lipinski definition) is 7. The molecule has 0 bridgehead atoms. The number of benzene rings is 1. The van der Waals surface area contributed by atoms with Gasteiger partial charge in [-0.05, 0) is 35.8 Å². The van der Waals surface area contributed by atoms with Crippen LogP contribution in [0.4, 0.5) is 5.69 Å². The number of aromatic amines is 1. The zero-order valence-electron chi connectivity index (χ0n) is 11.8. The second-order valence-electron chi connectivity index (χ2n) is 4.46. The largest absolute Gasteiger partial charge is 0.465 e. The van der Waals surface area contributed by atoms with E-state index in [1.54, 1.807) is 12.1 Å². The van der Waals surface area contributed by atoms with Crippen molar-refractivity contribution in [2.24, 2.45) is 0 Å². The first-order valence-electron chi connectivity index (χ1n) is 6.43. The summed E-state index contributed by atoms with van der Waals surface area (Å²) in [6, 6.07) is 6.23. The Kier molecular flexibility index (Phi) is 3.85. The molecule has 0 saturated heterocycles. The van der Waals surface area contributed by atoms with Gasteiger partial charge in [-0.3, -0.25) is 9.59 Å². The molecule has 0 fully saturated rings. The first-order valence-corrected chi connectivity index (χ1v) is 7.20. The SMILES string of the molecule is COC(=O)c1ccc(NC(=O)c2snc3c(=O)[nH]cnc23)cc1. The molecule has 2 aromatic heterocycles. The van der Waals surface area contributed by atoms with Crippen molar-refractivity contribution in [2.45, 2.75) is 0 Å². The summed E-state index contributed by atoms with van der Waals surface area (Å²) < 4.78 is 8.54. The van der Waals surface area contributed by atoms with E-state index < -0.39 is 17.4 Å². The molecule has 0 aliphatic carbocycles. The smallest absolute Gasteiger partial charge is 0.337 e. The Bertz CT molecular complexity index is 945. The predicted octanol–water partition coefficient (Wildman–Crippen LogP) is 1.42. The lowest BCUT2D eigenvalue weighted by atomic mass is 10.2. The van der Waals surface area contributed by atoms with Gasteiger partial charge in [0.25, 0.3) is 11.5 Å². The fraction of sp³-hybridized carbons (Fsp3) is 0.0714. The molecule has 0 atom stereocenters. The third-order valence-electron chi connectivity index (χ3n) is 3.04. The zero-order valence-corrected chi connectivity index (χ0v) is 12.6. The molecule has 8 nitrogen and oxygen atoms in total. The summed E-state index contributed by atoms with van der Waals surface area (Å²) in [6.45, 7) is 0. The Hall–Kier alpha value is -3.07. The number of esters is 1. The van der Waals surface area contributed by atoms with Crippen LogP contribution in [0.1, 0.15) is 20.0 Å². The zero-order chi connectivity index (χ0) is 16.4. The number of hydrogen-bond donors (Lipinski definition) is 2. The van der Waals surface area contributed by atoms with Crippen molar-refractivity contribution >= 4 is 40.1 Å². The topological polar surface area (TPSA) is 114 Å². The number of amides is 1. The highest BCUT2D eigenvalue weighted by Gasteiger charge is 2.17. The molecule has 0 saturated carbocycles. The van der Waals surface area contributed by atoms with Gasteiger partial charge in [-0.25, -0.2) is 9.78 Å². The molecule has 3 rings (SSSR count). The number of carbonyl (C=O) groups excluding carboxylic acids is 2. The summed E-state index contributed by atoms with van der Waals surface area (Å²) >= 11 is 0.897. The van der Waals surface area contributed by atoms with Crippen LogP contribution in [0.3, 0.4) is 0 Å². The summed E-state index contributed by atoms with van der Waals surface area (Å²) in [5.74, 6) is -0.888. The van der Waals surface area contributed by atoms with Crippen LogP contribution in [0.15, 0.2) is 35.4 Å². The molecule has 3 aromatic rings. The molecule has 23 heavy (non-hydrogen) atoms. The van der Waals surface area contributed by atoms with Crippen LogP contribution in [0, 0.1) is 0 Å². The van der Waals surface area contributed by atoms with Crippen LogP contribution in [0.5, 0.6) is 0 Å². The van der Waals surface area contributed by atoms with Crippen LogP contribution in [0.2, 0.25) is 0 Å². The van der Waals surface area contributed by atoms with Gasteiger partial charge >= 0.3 is 5.97 Å². The number of nitrogens with one attached hydrogen (secondary N) is 2. The number of nitrogens with zero attached hydrogens (tertiary/aromatic N) is 2. The van der Waals surface area contributed by atoms with Gasteiger partial charge in [0.1, 0.15) is 10.4 Å². The van der Waals surface area contributed by atoms with Gasteiger partial charge in [-0.15, -0.1) is 0 Å². The minimum absolute atomic E-state index is 0.128. The van der Waals surface area contributed by atoms with E-state index in [1.165, 1.54) is 25.6 Å². The van der Waals surface area contributed by atoms with Gasteiger partial charge in [-0.1, -0.05) is 0 Å². The standard InChI is InChI=1S/C14H10N4O4S/c1-22-14(21)7-2-4-8(5-3-7)17-13(20)11-9-10(18-23-11)12(19)16-6-15-9/h2-6H,1H3,(H,17,20)(H,15,16,19). The van der Waals surface area contributed by atoms with Crippen molar-refractivity contribution in [2.75, 3.05) is 12.4 Å². The lowest BCUT2D eigenvalue weighted by Crippen LogP contribution is -2.12. The maximum atomic E-state index is 12.3. The van der Waals surface area contributed by atoms with Crippen LogP contribution in [-0.4, -0.2) is 33.3 Å². The average Bonchev–Trinajstić information content (AvgIpc) is 3.00. The van der Waals surface area contributed by atoms with Gasteiger partial charge in [0, 0.05) is 5.69 Å². The Morgan fingerprint density at radius 3 is 2.65 bits per heavy atom. The van der Waals surface area contributed by atoms with Crippen LogP contribution >= 0.6 is 11.5 Å². The second kappa shape index (κ2) is 5.97. The Morgan fingerprint density at radius 2 is 1.96 bits per heavy atom. The Balaban J connectivity index is 1.85. The number of fused-ring (bicyclic) bond motifs is 1. The molecule has 2 heterocycles. The molecular weight excluding hydrogens is 320 g/mol. The number of aromatic nitrogens is 3. The highest BCUT2D eigenvalue weighted by atomic mass is 32.1. The van der Waals surface area contributed by atoms with E-state index in [0.29, 0.717) is 11.3 Å². The van der Waals surface area contributed by atoms with Crippen molar-refractivity contribution < 1.29 is 14.3 Å². The molecule has 0 spiro atoms. The minimum atomic E-state index is -0.459. The molecule has 1 aromatic carbocycles. The first kappa shape index (κ1) is 14.9. The van der Waals surface area contributed by atoms with Crippen molar-refractivity contribution in [3.8, 4) is 0 Å². The maximum Gasteiger partial charge on any atom is 0.337 e. The van der Waals surface area contributed by atoms with Gasteiger partial charge in [0.2, 0.25) is 0 Å². The molecule has 0 aliphatic heterocycles. The second-order valence-corrected chi connectivity index (χ2v) is 5.24. The van der Waals surface area contributed by atoms with Crippen molar-refractivity contribution in [3.05, 3.63) is 51.4 Å². The van der Waals surface area contributed by atoms with Crippen LogP contribution in [0.25, 0.3) is 11.0 Å². The lowest BCUT2D eigenvalue weighted by Gasteiger charge is -2.04. The van der Waals surface area contributed by atoms with Crippen LogP contribution < -0.4 is 10.9 Å². The van der Waals surface area contributed by atoms with Crippen molar-refractivity contribution in [1.82, 2.24) is 14.3 Å². The highest BCUT2D eigenvalue weighted by Crippen LogP contribution is 2.19. The number of methoxy groups -OCH3 is 1. The summed E-state index contributed by atoms with van der Waals surface area (Å²) in [5, 5.41) is 2.67. The number of ether oxygens (including phenoxy) is 1. The fourth-order valence-electron chi connectivity index (χ4n) is 1.92. The molecule has 0 radical (unpaired) electrons. The molecule has 9 heteroatoms. The van der Waals surface area contributed by atoms with Gasteiger partial charge in [0.05, 0.1) is 19.0 Å². The van der Waals surface area contributed by atoms with Crippen molar-refractivity contribution in [3.63, 3.8) is 0 Å². The number of rotatable bonds is 3. The number of H-pyrrole nitrogens is 1. The third kappa shape index (κ3) is 2.81. The van der Waals surface area contributed by atoms with Gasteiger partial charge in [-0.2, -0.15) is 4.37 Å². The van der Waals surface area contributed by atoms with E-state index in [2.05, 4.69) is 24.4 Å². The maximum absolute atomic E-state index is 12.3. The summed E-state index contributed by atoms with van der Waals surface area (Å²) in [7, 11) is 1.29. The van der Waals surface area contributed by atoms with Crippen molar-refractivity contribution in [1.29, 1.82) is 0 Å². The van der Waals surface area contributed by atoms with E-state index in [1.807, 2.05) is 0 Å². The third-order valence-corrected chi connectivity index (χ3v) is 3.88. The van der Waals surface area contributed by atoms with E-state index >= 15 is 0 Å². The normalized spacial score (nSPS) is 10.5. The lowest BCUT2D eigenvalue weighted by molar-refractivity contribution is 0.0600. The Morgan fingerprint density at radius 1 is 1.22 bits per heavy atom. The number of anilines is 1. The monoisotopic (exact) mass is 330 g/mol. The highest BCUT2D eigenvalue weighted by molar-refractivity contribution is 7.09. The van der Waals surface area contributed by atoms with E-state index in [0.717, 1.165) is 11.5 Å². The fourth-order valence-corrected chi connectivity index (χ4v) is 2.64. The molecular formula is C14H10N4O4S.